The molecule has 0 fully saturated rings. The van der Waals surface area contributed by atoms with Crippen LogP contribution in [-0.2, 0) is 14.4 Å². The molecule has 0 aromatic rings. The Labute approximate surface area is 143 Å². The number of aliphatic hydroxyl groups excluding tert-OH is 3. The fourth-order valence-corrected chi connectivity index (χ4v) is 0.274. The molecule has 0 atom stereocenters. The maximum atomic E-state index is 9.33. The van der Waals surface area contributed by atoms with Gasteiger partial charge >= 0.3 is 41.7 Å². The Bertz CT molecular complexity index is 194. The summed E-state index contributed by atoms with van der Waals surface area (Å²) < 4.78 is 0. The molecule has 0 saturated heterocycles. The smallest absolute Gasteiger partial charge is 0.550 e. The van der Waals surface area contributed by atoms with Gasteiger partial charge in [-0.25, -0.2) is 0 Å². The molecule has 0 bridgehead atoms. The molecular formula is C9H15CeO9. The summed E-state index contributed by atoms with van der Waals surface area (Å²) in [5.74, 6) is -3.63. The molecule has 0 spiro atoms. The van der Waals surface area contributed by atoms with Crippen molar-refractivity contribution in [3.05, 3.63) is 0 Å². The number of hydrogen-bond donors (Lipinski definition) is 3. The Morgan fingerprint density at radius 3 is 0.789 bits per heavy atom. The van der Waals surface area contributed by atoms with Crippen LogP contribution < -0.4 is 15.3 Å². The second-order valence-corrected chi connectivity index (χ2v) is 2.54. The zero-order chi connectivity index (χ0) is 15.0. The van der Waals surface area contributed by atoms with Crippen molar-refractivity contribution in [1.82, 2.24) is 0 Å². The van der Waals surface area contributed by atoms with Crippen LogP contribution in [0, 0.1) is 41.7 Å². The number of carboxylic acids is 3. The first kappa shape index (κ1) is 27.1. The predicted molar refractivity (Wildman–Crippen MR) is 50.1 cm³/mol. The largest absolute Gasteiger partial charge is 3.00 e. The van der Waals surface area contributed by atoms with E-state index in [-0.39, 0.29) is 80.8 Å². The minimum Gasteiger partial charge on any atom is -0.550 e. The van der Waals surface area contributed by atoms with Crippen molar-refractivity contribution in [3.63, 3.8) is 0 Å². The van der Waals surface area contributed by atoms with Crippen molar-refractivity contribution < 1.29 is 86.8 Å². The third-order valence-corrected chi connectivity index (χ3v) is 0.948. The topological polar surface area (TPSA) is 181 Å². The van der Waals surface area contributed by atoms with Crippen LogP contribution in [0.5, 0.6) is 0 Å². The quantitative estimate of drug-likeness (QED) is 0.386. The number of carbonyl (C=O) groups excluding carboxylic acids is 3. The fourth-order valence-electron chi connectivity index (χ4n) is 0.274. The van der Waals surface area contributed by atoms with Crippen LogP contribution in [0.1, 0.15) is 19.3 Å². The SMILES string of the molecule is O=C([O-])CCO.O=C([O-])CCO.O=C([O-])CCO.[Ce+3]. The second-order valence-electron chi connectivity index (χ2n) is 2.54. The van der Waals surface area contributed by atoms with Gasteiger partial charge in [-0.2, -0.15) is 0 Å². The van der Waals surface area contributed by atoms with Gasteiger partial charge in [0, 0.05) is 57.0 Å². The van der Waals surface area contributed by atoms with E-state index in [0.717, 1.165) is 0 Å². The van der Waals surface area contributed by atoms with Crippen molar-refractivity contribution in [2.45, 2.75) is 19.3 Å². The maximum absolute atomic E-state index is 9.33. The van der Waals surface area contributed by atoms with Gasteiger partial charge in [0.1, 0.15) is 0 Å². The molecular weight excluding hydrogens is 392 g/mol. The summed E-state index contributed by atoms with van der Waals surface area (Å²) in [5.41, 5.74) is 0. The summed E-state index contributed by atoms with van der Waals surface area (Å²) >= 11 is 0. The monoisotopic (exact) mass is 407 g/mol. The van der Waals surface area contributed by atoms with Crippen molar-refractivity contribution in [2.75, 3.05) is 19.8 Å². The van der Waals surface area contributed by atoms with E-state index in [2.05, 4.69) is 0 Å². The van der Waals surface area contributed by atoms with Gasteiger partial charge in [0.25, 0.3) is 0 Å². The van der Waals surface area contributed by atoms with Crippen LogP contribution in [0.3, 0.4) is 0 Å². The fraction of sp³-hybridized carbons (Fsp3) is 0.667. The van der Waals surface area contributed by atoms with Crippen LogP contribution in [-0.4, -0.2) is 53.0 Å². The summed E-state index contributed by atoms with van der Waals surface area (Å²) in [6, 6.07) is 0. The predicted octanol–water partition coefficient (Wildman–Crippen LogP) is -5.64. The molecule has 10 heteroatoms. The number of rotatable bonds is 6. The van der Waals surface area contributed by atoms with E-state index in [9.17, 15) is 29.7 Å². The molecule has 1 radical (unpaired) electrons. The van der Waals surface area contributed by atoms with Gasteiger partial charge in [-0.15, -0.1) is 0 Å². The normalized spacial score (nSPS) is 7.74. The van der Waals surface area contributed by atoms with Crippen LogP contribution in [0.15, 0.2) is 0 Å². The standard InChI is InChI=1S/3C3H6O3.Ce/c3*4-2-1-3(5)6;/h3*4H,1-2H2,(H,5,6);/q;;;+3/p-3. The Kier molecular flexibility index (Phi) is 32.5. The van der Waals surface area contributed by atoms with Gasteiger partial charge in [-0.3, -0.25) is 0 Å². The molecule has 109 valence electrons. The molecule has 3 N–H and O–H groups in total. The Hall–Kier alpha value is -0.333. The molecule has 0 heterocycles. The Balaban J connectivity index is -0.0000000865. The second kappa shape index (κ2) is 22.8. The number of aliphatic hydroxyl groups is 3. The minimum atomic E-state index is -1.21. The molecule has 0 rings (SSSR count). The first-order chi connectivity index (χ1) is 8.31. The molecule has 19 heavy (non-hydrogen) atoms. The third-order valence-electron chi connectivity index (χ3n) is 0.948. The van der Waals surface area contributed by atoms with E-state index in [4.69, 9.17) is 15.3 Å². The van der Waals surface area contributed by atoms with Crippen LogP contribution in [0.25, 0.3) is 0 Å². The molecule has 0 amide bonds. The summed E-state index contributed by atoms with van der Waals surface area (Å²) in [7, 11) is 0. The molecule has 0 unspecified atom stereocenters. The number of carbonyl (C=O) groups is 3. The minimum absolute atomic E-state index is 0. The van der Waals surface area contributed by atoms with Crippen molar-refractivity contribution in [2.24, 2.45) is 0 Å². The van der Waals surface area contributed by atoms with E-state index in [1.54, 1.807) is 0 Å². The molecule has 0 aliphatic heterocycles. The van der Waals surface area contributed by atoms with Gasteiger partial charge < -0.3 is 45.0 Å². The van der Waals surface area contributed by atoms with Gasteiger partial charge in [0.2, 0.25) is 0 Å². The summed E-state index contributed by atoms with van der Waals surface area (Å²) in [4.78, 5) is 28.0. The first-order valence-electron chi connectivity index (χ1n) is 4.73. The Morgan fingerprint density at radius 1 is 0.632 bits per heavy atom. The van der Waals surface area contributed by atoms with Crippen LogP contribution in [0.4, 0.5) is 0 Å². The number of aliphatic carboxylic acids is 3. The average Bonchev–Trinajstić information content (AvgIpc) is 2.18. The van der Waals surface area contributed by atoms with E-state index in [1.807, 2.05) is 0 Å². The van der Waals surface area contributed by atoms with E-state index < -0.39 is 17.9 Å². The molecule has 0 aromatic heterocycles. The average molecular weight is 407 g/mol. The molecule has 0 aliphatic carbocycles. The van der Waals surface area contributed by atoms with Crippen molar-refractivity contribution >= 4 is 17.9 Å². The van der Waals surface area contributed by atoms with Gasteiger partial charge in [-0.1, -0.05) is 0 Å². The molecule has 9 nitrogen and oxygen atoms in total. The third kappa shape index (κ3) is 57.7. The number of carboxylic acid groups (broad SMARTS) is 3. The summed E-state index contributed by atoms with van der Waals surface area (Å²) in [5, 5.41) is 51.4. The first-order valence-corrected chi connectivity index (χ1v) is 4.73. The summed E-state index contributed by atoms with van der Waals surface area (Å²) in [6.45, 7) is -0.993. The van der Waals surface area contributed by atoms with Crippen molar-refractivity contribution in [1.29, 1.82) is 0 Å². The molecule has 0 aliphatic rings. The van der Waals surface area contributed by atoms with E-state index >= 15 is 0 Å². The van der Waals surface area contributed by atoms with Gasteiger partial charge in [0.15, 0.2) is 0 Å². The molecule has 0 saturated carbocycles. The zero-order valence-electron chi connectivity index (χ0n) is 10.0. The zero-order valence-corrected chi connectivity index (χ0v) is 13.2. The van der Waals surface area contributed by atoms with E-state index in [1.165, 1.54) is 0 Å². The summed E-state index contributed by atoms with van der Waals surface area (Å²) in [6.07, 6.45) is -0.792. The maximum Gasteiger partial charge on any atom is 3.00 e. The van der Waals surface area contributed by atoms with Crippen molar-refractivity contribution in [3.8, 4) is 0 Å². The van der Waals surface area contributed by atoms with Crippen LogP contribution >= 0.6 is 0 Å². The van der Waals surface area contributed by atoms with Crippen LogP contribution in [0.2, 0.25) is 0 Å². The Morgan fingerprint density at radius 2 is 0.789 bits per heavy atom. The van der Waals surface area contributed by atoms with Gasteiger partial charge in [-0.05, 0) is 0 Å². The number of hydrogen-bond acceptors (Lipinski definition) is 9. The van der Waals surface area contributed by atoms with E-state index in [0.29, 0.717) is 0 Å². The van der Waals surface area contributed by atoms with Gasteiger partial charge in [0.05, 0.1) is 0 Å². The molecule has 0 aromatic carbocycles.